The van der Waals surface area contributed by atoms with Gasteiger partial charge in [0, 0.05) is 12.7 Å². The number of terminal acetylenes is 1. The average Bonchev–Trinajstić information content (AvgIpc) is 2.30. The van der Waals surface area contributed by atoms with Crippen molar-refractivity contribution in [3.05, 3.63) is 23.8 Å². The van der Waals surface area contributed by atoms with E-state index in [2.05, 4.69) is 21.2 Å². The molecule has 0 aliphatic heterocycles. The molecule has 0 saturated heterocycles. The Morgan fingerprint density at radius 2 is 2.50 bits per heavy atom. The Kier molecular flexibility index (Phi) is 4.42. The van der Waals surface area contributed by atoms with Crippen molar-refractivity contribution >= 4 is 5.97 Å². The highest BCUT2D eigenvalue weighted by Crippen LogP contribution is 2.03. The molecule has 0 radical (unpaired) electrons. The molecule has 1 aromatic heterocycles. The van der Waals surface area contributed by atoms with Gasteiger partial charge in [-0.05, 0) is 6.42 Å². The number of aromatic carboxylic acids is 1. The van der Waals surface area contributed by atoms with Crippen molar-refractivity contribution in [3.63, 3.8) is 0 Å². The molecule has 0 spiro atoms. The summed E-state index contributed by atoms with van der Waals surface area (Å²) in [5, 5.41) is 11.9. The van der Waals surface area contributed by atoms with Crippen LogP contribution in [0.15, 0.2) is 12.5 Å². The number of carbonyl (C=O) groups is 1. The second-order valence-electron chi connectivity index (χ2n) is 3.20. The van der Waals surface area contributed by atoms with Crippen molar-refractivity contribution in [2.75, 3.05) is 0 Å². The first kappa shape index (κ1) is 12.1. The molecule has 0 aromatic carbocycles. The predicted octanol–water partition coefficient (Wildman–Crippen LogP) is 0.676. The topological polar surface area (TPSA) is 75.1 Å². The quantitative estimate of drug-likeness (QED) is 0.712. The van der Waals surface area contributed by atoms with Crippen LogP contribution in [0.1, 0.15) is 29.4 Å². The maximum atomic E-state index is 10.9. The van der Waals surface area contributed by atoms with Crippen LogP contribution in [0.2, 0.25) is 0 Å². The highest BCUT2D eigenvalue weighted by atomic mass is 16.4. The average molecular weight is 219 g/mol. The summed E-state index contributed by atoms with van der Waals surface area (Å²) in [7, 11) is 0. The van der Waals surface area contributed by atoms with Crippen LogP contribution < -0.4 is 5.32 Å². The number of rotatable bonds is 5. The van der Waals surface area contributed by atoms with E-state index in [0.717, 1.165) is 6.42 Å². The first-order valence-corrected chi connectivity index (χ1v) is 4.90. The normalized spacial score (nSPS) is 11.8. The number of nitrogens with zero attached hydrogens (tertiary/aromatic N) is 2. The van der Waals surface area contributed by atoms with E-state index < -0.39 is 5.97 Å². The van der Waals surface area contributed by atoms with E-state index in [1.165, 1.54) is 12.5 Å². The summed E-state index contributed by atoms with van der Waals surface area (Å²) in [6, 6.07) is -0.0726. The number of carboxylic acid groups (broad SMARTS) is 1. The van der Waals surface area contributed by atoms with Gasteiger partial charge in [-0.15, -0.1) is 6.42 Å². The summed E-state index contributed by atoms with van der Waals surface area (Å²) in [4.78, 5) is 18.4. The molecule has 0 aliphatic rings. The number of aromatic nitrogens is 2. The van der Waals surface area contributed by atoms with Crippen molar-refractivity contribution in [2.45, 2.75) is 25.9 Å². The van der Waals surface area contributed by atoms with Gasteiger partial charge in [-0.2, -0.15) is 0 Å². The third-order valence-electron chi connectivity index (χ3n) is 2.15. The summed E-state index contributed by atoms with van der Waals surface area (Å²) in [6.07, 6.45) is 8.67. The van der Waals surface area contributed by atoms with E-state index >= 15 is 0 Å². The zero-order valence-corrected chi connectivity index (χ0v) is 8.97. The monoisotopic (exact) mass is 219 g/mol. The fraction of sp³-hybridized carbons (Fsp3) is 0.364. The van der Waals surface area contributed by atoms with E-state index in [9.17, 15) is 4.79 Å². The number of carboxylic acids is 1. The molecule has 2 N–H and O–H groups in total. The summed E-state index contributed by atoms with van der Waals surface area (Å²) in [5.41, 5.74) is 0.540. The Morgan fingerprint density at radius 1 is 1.75 bits per heavy atom. The summed E-state index contributed by atoms with van der Waals surface area (Å²) < 4.78 is 0. The van der Waals surface area contributed by atoms with E-state index in [1.807, 2.05) is 6.92 Å². The Hall–Kier alpha value is -1.93. The van der Waals surface area contributed by atoms with Crippen LogP contribution in [-0.4, -0.2) is 27.1 Å². The van der Waals surface area contributed by atoms with Crippen LogP contribution in [0.25, 0.3) is 0 Å². The summed E-state index contributed by atoms with van der Waals surface area (Å²) in [6.45, 7) is 2.28. The van der Waals surface area contributed by atoms with Gasteiger partial charge in [-0.25, -0.2) is 14.8 Å². The molecule has 1 rings (SSSR count). The van der Waals surface area contributed by atoms with Crippen LogP contribution in [0.5, 0.6) is 0 Å². The molecule has 1 heterocycles. The lowest BCUT2D eigenvalue weighted by Crippen LogP contribution is -2.27. The van der Waals surface area contributed by atoms with Crippen molar-refractivity contribution < 1.29 is 9.90 Å². The van der Waals surface area contributed by atoms with Gasteiger partial charge in [0.1, 0.15) is 11.9 Å². The van der Waals surface area contributed by atoms with Gasteiger partial charge in [0.05, 0.1) is 11.7 Å². The molecule has 5 nitrogen and oxygen atoms in total. The van der Waals surface area contributed by atoms with E-state index in [-0.39, 0.29) is 11.6 Å². The molecule has 0 fully saturated rings. The van der Waals surface area contributed by atoms with Gasteiger partial charge in [0.15, 0.2) is 0 Å². The lowest BCUT2D eigenvalue weighted by atomic mass is 10.2. The van der Waals surface area contributed by atoms with Gasteiger partial charge in [0.25, 0.3) is 0 Å². The van der Waals surface area contributed by atoms with Crippen LogP contribution in [0, 0.1) is 12.3 Å². The van der Waals surface area contributed by atoms with Gasteiger partial charge in [-0.3, -0.25) is 5.32 Å². The SMILES string of the molecule is C#CC(CC)NCc1ncncc1C(=O)O. The fourth-order valence-corrected chi connectivity index (χ4v) is 1.22. The van der Waals surface area contributed by atoms with Crippen molar-refractivity contribution in [1.82, 2.24) is 15.3 Å². The Bertz CT molecular complexity index is 412. The smallest absolute Gasteiger partial charge is 0.339 e. The molecule has 16 heavy (non-hydrogen) atoms. The van der Waals surface area contributed by atoms with Gasteiger partial charge in [-0.1, -0.05) is 12.8 Å². The van der Waals surface area contributed by atoms with Crippen LogP contribution in [0.4, 0.5) is 0 Å². The summed E-state index contributed by atoms with van der Waals surface area (Å²) in [5.74, 6) is 1.53. The minimum Gasteiger partial charge on any atom is -0.478 e. The molecule has 1 unspecified atom stereocenters. The molecule has 5 heteroatoms. The maximum Gasteiger partial charge on any atom is 0.339 e. The van der Waals surface area contributed by atoms with Gasteiger partial charge in [0.2, 0.25) is 0 Å². The Balaban J connectivity index is 2.74. The second kappa shape index (κ2) is 5.83. The van der Waals surface area contributed by atoms with Crippen molar-refractivity contribution in [1.29, 1.82) is 0 Å². The minimum absolute atomic E-state index is 0.0726. The van der Waals surface area contributed by atoms with E-state index in [4.69, 9.17) is 11.5 Å². The van der Waals surface area contributed by atoms with E-state index in [1.54, 1.807) is 0 Å². The lowest BCUT2D eigenvalue weighted by Gasteiger charge is -2.10. The third kappa shape index (κ3) is 3.04. The highest BCUT2D eigenvalue weighted by Gasteiger charge is 2.11. The molecule has 1 atom stereocenters. The van der Waals surface area contributed by atoms with Crippen LogP contribution in [0.3, 0.4) is 0 Å². The second-order valence-corrected chi connectivity index (χ2v) is 3.20. The molecule has 1 aromatic rings. The number of nitrogens with one attached hydrogen (secondary N) is 1. The fourth-order valence-electron chi connectivity index (χ4n) is 1.22. The van der Waals surface area contributed by atoms with E-state index in [0.29, 0.717) is 12.2 Å². The van der Waals surface area contributed by atoms with Crippen LogP contribution >= 0.6 is 0 Å². The zero-order valence-electron chi connectivity index (χ0n) is 8.97. The number of hydrogen-bond donors (Lipinski definition) is 2. The predicted molar refractivity (Wildman–Crippen MR) is 58.7 cm³/mol. The molecular weight excluding hydrogens is 206 g/mol. The molecule has 0 bridgehead atoms. The third-order valence-corrected chi connectivity index (χ3v) is 2.15. The first-order chi connectivity index (χ1) is 7.69. The molecule has 0 saturated carbocycles. The Morgan fingerprint density at radius 3 is 3.06 bits per heavy atom. The van der Waals surface area contributed by atoms with Gasteiger partial charge < -0.3 is 5.11 Å². The molecule has 0 aliphatic carbocycles. The zero-order chi connectivity index (χ0) is 12.0. The standard InChI is InChI=1S/C11H13N3O2/c1-3-8(4-2)13-6-10-9(11(15)16)5-12-7-14-10/h1,5,7-8,13H,4,6H2,2H3,(H,15,16). The Labute approximate surface area is 93.9 Å². The van der Waals surface area contributed by atoms with Crippen LogP contribution in [-0.2, 0) is 6.54 Å². The highest BCUT2D eigenvalue weighted by molar-refractivity contribution is 5.88. The summed E-state index contributed by atoms with van der Waals surface area (Å²) >= 11 is 0. The largest absolute Gasteiger partial charge is 0.478 e. The minimum atomic E-state index is -1.04. The molecular formula is C11H13N3O2. The van der Waals surface area contributed by atoms with Crippen molar-refractivity contribution in [3.8, 4) is 12.3 Å². The lowest BCUT2D eigenvalue weighted by molar-refractivity contribution is 0.0694. The first-order valence-electron chi connectivity index (χ1n) is 4.90. The van der Waals surface area contributed by atoms with Gasteiger partial charge >= 0.3 is 5.97 Å². The molecule has 0 amide bonds. The maximum absolute atomic E-state index is 10.9. The number of hydrogen-bond acceptors (Lipinski definition) is 4. The van der Waals surface area contributed by atoms with Crippen molar-refractivity contribution in [2.24, 2.45) is 0 Å². The molecule has 84 valence electrons.